The van der Waals surface area contributed by atoms with Crippen LogP contribution < -0.4 is 0 Å². The van der Waals surface area contributed by atoms with Gasteiger partial charge in [-0.3, -0.25) is 34.3 Å². The first-order valence-electron chi connectivity index (χ1n) is 45.3. The SMILES string of the molecule is CC(C)[C@@H]1C(C)CCN1C(C)C.CC(C)[C@@H]1C2CC2CN1C(C)C.CC(C)[C@@H]1CC2CCCC2N1C(C)C.CC(C)[C@@H]1CCC(CO)N1C(C)C.CC(C)[C@@H]1CCN(C)N1C(C)C.CC1C[C@@H](C(C)C)N(C(C)C)C1C.COCC1CC[C@@H](C(C)C)N1C(C)C.COCC1C[C@@H](C(C)C)N(C(C)C)C1C. The maximum absolute atomic E-state index is 9.24. The molecule has 0 aromatic rings. The fourth-order valence-corrected chi connectivity index (χ4v) is 22.8. The lowest BCUT2D eigenvalue weighted by Gasteiger charge is -2.35. The van der Waals surface area contributed by atoms with E-state index in [0.717, 1.165) is 163 Å². The summed E-state index contributed by atoms with van der Waals surface area (Å²) >= 11 is 0. The second-order valence-corrected chi connectivity index (χ2v) is 41.0. The molecular formula is C93H191N9O3. The molecule has 2 saturated carbocycles. The smallest absolute Gasteiger partial charge is 0.0618 e. The summed E-state index contributed by atoms with van der Waals surface area (Å²) in [5.41, 5.74) is 0. The summed E-state index contributed by atoms with van der Waals surface area (Å²) in [6.07, 6.45) is 17.9. The number of fused-ring (bicyclic) bond motifs is 2. The maximum atomic E-state index is 9.24. The first-order chi connectivity index (χ1) is 48.9. The lowest BCUT2D eigenvalue weighted by atomic mass is 9.92. The molecule has 8 saturated heterocycles. The van der Waals surface area contributed by atoms with Crippen molar-refractivity contribution in [2.75, 3.05) is 60.7 Å². The number of hydrazine groups is 1. The van der Waals surface area contributed by atoms with E-state index < -0.39 is 0 Å². The van der Waals surface area contributed by atoms with Crippen molar-refractivity contribution in [3.05, 3.63) is 0 Å². The van der Waals surface area contributed by atoms with Gasteiger partial charge in [0.2, 0.25) is 0 Å². The van der Waals surface area contributed by atoms with Crippen molar-refractivity contribution >= 4 is 0 Å². The number of methoxy groups -OCH3 is 2. The zero-order valence-electron chi connectivity index (χ0n) is 77.9. The lowest BCUT2D eigenvalue weighted by molar-refractivity contribution is -0.0226. The summed E-state index contributed by atoms with van der Waals surface area (Å²) in [5.74, 6) is 11.9. The Kier molecular flexibility index (Phi) is 44.0. The van der Waals surface area contributed by atoms with E-state index in [1.807, 2.05) is 7.11 Å². The molecule has 0 bridgehead atoms. The van der Waals surface area contributed by atoms with Crippen LogP contribution in [0.25, 0.3) is 0 Å². The zero-order chi connectivity index (χ0) is 80.3. The number of nitrogens with zero attached hydrogens (tertiary/aromatic N) is 9. The van der Waals surface area contributed by atoms with E-state index in [4.69, 9.17) is 9.47 Å². The molecule has 0 aromatic heterocycles. The van der Waals surface area contributed by atoms with Crippen LogP contribution >= 0.6 is 0 Å². The highest BCUT2D eigenvalue weighted by Crippen LogP contribution is 2.52. The summed E-state index contributed by atoms with van der Waals surface area (Å²) in [6.45, 7) is 89.9. The van der Waals surface area contributed by atoms with Crippen LogP contribution in [0.4, 0.5) is 0 Å². The quantitative estimate of drug-likeness (QED) is 0.119. The van der Waals surface area contributed by atoms with Crippen molar-refractivity contribution in [3.8, 4) is 0 Å². The molecular weight excluding hydrogens is 1290 g/mol. The highest BCUT2D eigenvalue weighted by molar-refractivity contribution is 5.06. The molecule has 10 fully saturated rings. The van der Waals surface area contributed by atoms with Crippen molar-refractivity contribution in [1.29, 1.82) is 0 Å². The molecule has 0 amide bonds. The molecule has 0 radical (unpaired) electrons. The van der Waals surface area contributed by atoms with E-state index >= 15 is 0 Å². The monoisotopic (exact) mass is 1480 g/mol. The van der Waals surface area contributed by atoms with E-state index in [1.165, 1.54) is 96.7 Å². The van der Waals surface area contributed by atoms with Gasteiger partial charge >= 0.3 is 0 Å². The molecule has 8 aliphatic heterocycles. The van der Waals surface area contributed by atoms with Gasteiger partial charge in [-0.1, -0.05) is 131 Å². The zero-order valence-corrected chi connectivity index (χ0v) is 77.9. The Morgan fingerprint density at radius 2 is 0.781 bits per heavy atom. The molecule has 19 atom stereocenters. The van der Waals surface area contributed by atoms with Gasteiger partial charge in [-0.2, -0.15) is 0 Å². The van der Waals surface area contributed by atoms with Crippen LogP contribution in [0.3, 0.4) is 0 Å². The fraction of sp³-hybridized carbons (Fsp3) is 1.00. The number of likely N-dealkylation sites (tertiary alicyclic amines) is 7. The molecule has 10 rings (SSSR count). The molecule has 1 N–H and O–H groups in total. The van der Waals surface area contributed by atoms with Gasteiger partial charge in [-0.25, -0.2) is 10.0 Å². The predicted molar refractivity (Wildman–Crippen MR) is 461 cm³/mol. The van der Waals surface area contributed by atoms with Gasteiger partial charge < -0.3 is 14.6 Å². The fourth-order valence-electron chi connectivity index (χ4n) is 22.8. The minimum absolute atomic E-state index is 0.321. The Bertz CT molecular complexity index is 2180. The van der Waals surface area contributed by atoms with Crippen molar-refractivity contribution in [1.82, 2.24) is 44.3 Å². The van der Waals surface area contributed by atoms with Crippen LogP contribution in [0, 0.1) is 82.9 Å². The minimum atomic E-state index is 0.321. The second kappa shape index (κ2) is 46.8. The number of aliphatic hydroxyl groups excluding tert-OH is 1. The standard InChI is InChI=1S/C13H27NO.C13H25N.C12H25NO.C12H25N.C11H23NO.C11H21N.C11H23N.C10H22N2/c1-9(2)13-7-12(8-15-6)11(5)14(13)10(3)4;1-9(2)13-8-11-6-5-7-12(11)14(13)10(3)4;1-9(2)12-7-6-11(8-14-5)13(12)10(3)4;1-8(2)12-7-10(5)11(6)13(12)9(3)4;1-8(2)11-6-5-10(7-13)12(11)9(3)4;1-7(2)11-10-5-9(10)6-12(11)8(3)4;1-8(2)11-10(5)6-7-12(11)9(3)4;1-8(2)10-6-7-11(5)12(10)9(3)4/h9-13H,7-8H2,1-6H3;9-13H,5-8H2,1-4H3;9-12H,6-8H2,1-5H3;8-12H,7H2,1-6H3;8-11,13H,5-7H2,1-4H3;7-11H,5-6H2,1-4H3;8-11H,6-7H2,1-5H3;8-10H,6-7H2,1-5H3/t2*11?,12?,13-;11?,12-;10?,11?,12-;10?,11-;9?,10?,11-;10?,11-;10-/m00000110/s1. The van der Waals surface area contributed by atoms with Crippen LogP contribution in [0.2, 0.25) is 0 Å². The average Bonchev–Trinajstić information content (AvgIpc) is 1.59. The molecule has 11 unspecified atom stereocenters. The summed E-state index contributed by atoms with van der Waals surface area (Å²) < 4.78 is 10.6. The largest absolute Gasteiger partial charge is 0.395 e. The summed E-state index contributed by atoms with van der Waals surface area (Å²) in [5, 5.41) is 14.1. The topological polar surface area (TPSA) is 67.9 Å². The van der Waals surface area contributed by atoms with Crippen molar-refractivity contribution in [3.63, 3.8) is 0 Å². The highest BCUT2D eigenvalue weighted by atomic mass is 16.5. The molecule has 12 nitrogen and oxygen atoms in total. The third kappa shape index (κ3) is 27.9. The average molecular weight is 1480 g/mol. The van der Waals surface area contributed by atoms with Crippen LogP contribution in [0.1, 0.15) is 333 Å². The number of aliphatic hydroxyl groups is 1. The predicted octanol–water partition coefficient (Wildman–Crippen LogP) is 20.7. The number of ether oxygens (including phenoxy) is 2. The van der Waals surface area contributed by atoms with Crippen LogP contribution in [-0.4, -0.2) is 237 Å². The molecule has 12 heteroatoms. The maximum Gasteiger partial charge on any atom is 0.0618 e. The van der Waals surface area contributed by atoms with Crippen molar-refractivity contribution in [2.24, 2.45) is 82.9 Å². The van der Waals surface area contributed by atoms with Gasteiger partial charge in [0, 0.05) is 161 Å². The minimum Gasteiger partial charge on any atom is -0.395 e. The number of rotatable bonds is 21. The molecule has 10 aliphatic rings. The number of piperidine rings is 1. The number of hydrogen-bond donors (Lipinski definition) is 1. The second-order valence-electron chi connectivity index (χ2n) is 41.0. The molecule has 2 aliphatic carbocycles. The first kappa shape index (κ1) is 98.7. The summed E-state index contributed by atoms with van der Waals surface area (Å²) in [6, 6.07) is 15.2. The van der Waals surface area contributed by atoms with Gasteiger partial charge in [0.15, 0.2) is 0 Å². The van der Waals surface area contributed by atoms with Crippen LogP contribution in [0.15, 0.2) is 0 Å². The van der Waals surface area contributed by atoms with Crippen molar-refractivity contribution < 1.29 is 14.6 Å². The molecule has 105 heavy (non-hydrogen) atoms. The van der Waals surface area contributed by atoms with Gasteiger partial charge in [-0.05, 0) is 291 Å². The first-order valence-corrected chi connectivity index (χ1v) is 45.3. The molecule has 626 valence electrons. The lowest BCUT2D eigenvalue weighted by Crippen LogP contribution is -2.45. The highest BCUT2D eigenvalue weighted by Gasteiger charge is 2.54. The van der Waals surface area contributed by atoms with Gasteiger partial charge in [0.25, 0.3) is 0 Å². The van der Waals surface area contributed by atoms with Crippen LogP contribution in [-0.2, 0) is 9.47 Å². The Balaban J connectivity index is 0.000000312. The van der Waals surface area contributed by atoms with E-state index in [-0.39, 0.29) is 0 Å². The molecule has 0 spiro atoms. The van der Waals surface area contributed by atoms with E-state index in [2.05, 4.69) is 301 Å². The van der Waals surface area contributed by atoms with E-state index in [9.17, 15) is 5.11 Å². The van der Waals surface area contributed by atoms with E-state index in [1.54, 1.807) is 7.11 Å². The van der Waals surface area contributed by atoms with Crippen LogP contribution in [0.5, 0.6) is 0 Å². The van der Waals surface area contributed by atoms with Gasteiger partial charge in [0.05, 0.1) is 19.8 Å². The molecule has 8 heterocycles. The molecule has 0 aromatic carbocycles. The van der Waals surface area contributed by atoms with Crippen molar-refractivity contribution in [2.45, 2.75) is 460 Å². The Hall–Kier alpha value is -0.480. The summed E-state index contributed by atoms with van der Waals surface area (Å²) in [4.78, 5) is 18.7. The third-order valence-corrected chi connectivity index (χ3v) is 27.8. The van der Waals surface area contributed by atoms with Gasteiger partial charge in [0.1, 0.15) is 0 Å². The normalized spacial score (nSPS) is 33.7. The van der Waals surface area contributed by atoms with E-state index in [0.29, 0.717) is 72.8 Å². The summed E-state index contributed by atoms with van der Waals surface area (Å²) in [7, 11) is 5.82. The number of hydrogen-bond acceptors (Lipinski definition) is 12. The Morgan fingerprint density at radius 1 is 0.343 bits per heavy atom. The van der Waals surface area contributed by atoms with Gasteiger partial charge in [-0.15, -0.1) is 0 Å². The third-order valence-electron chi connectivity index (χ3n) is 27.8. The Morgan fingerprint density at radius 3 is 1.15 bits per heavy atom. The Labute approximate surface area is 658 Å².